The fraction of sp³-hybridized carbons (Fsp3) is 0.294. The van der Waals surface area contributed by atoms with Gasteiger partial charge in [-0.25, -0.2) is 0 Å². The van der Waals surface area contributed by atoms with Crippen LogP contribution >= 0.6 is 0 Å². The molecular formula is C17H19NO. The highest BCUT2D eigenvalue weighted by Crippen LogP contribution is 2.39. The Bertz CT molecular complexity index is 577. The molecule has 98 valence electrons. The van der Waals surface area contributed by atoms with Gasteiger partial charge >= 0.3 is 0 Å². The van der Waals surface area contributed by atoms with Gasteiger partial charge in [0.1, 0.15) is 0 Å². The molecular weight excluding hydrogens is 234 g/mol. The summed E-state index contributed by atoms with van der Waals surface area (Å²) in [6.45, 7) is 2.92. The van der Waals surface area contributed by atoms with Crippen LogP contribution in [0.25, 0.3) is 11.1 Å². The van der Waals surface area contributed by atoms with E-state index in [2.05, 4.69) is 54.9 Å². The van der Waals surface area contributed by atoms with Crippen molar-refractivity contribution < 1.29 is 4.84 Å². The van der Waals surface area contributed by atoms with E-state index < -0.39 is 0 Å². The van der Waals surface area contributed by atoms with Crippen molar-refractivity contribution in [2.75, 3.05) is 12.1 Å². The summed E-state index contributed by atoms with van der Waals surface area (Å²) in [5.74, 6) is 0. The fourth-order valence-corrected chi connectivity index (χ4v) is 2.60. The molecule has 0 heterocycles. The molecule has 0 spiro atoms. The SMILES string of the molecule is CCCCONc1cccc2c1Cc1ccccc1-2. The number of fused-ring (bicyclic) bond motifs is 3. The van der Waals surface area contributed by atoms with Crippen molar-refractivity contribution in [3.63, 3.8) is 0 Å². The van der Waals surface area contributed by atoms with Gasteiger partial charge in [-0.3, -0.25) is 10.3 Å². The van der Waals surface area contributed by atoms with Crippen LogP contribution < -0.4 is 5.48 Å². The van der Waals surface area contributed by atoms with Crippen molar-refractivity contribution in [2.45, 2.75) is 26.2 Å². The van der Waals surface area contributed by atoms with Gasteiger partial charge < -0.3 is 0 Å². The van der Waals surface area contributed by atoms with Crippen molar-refractivity contribution in [1.82, 2.24) is 0 Å². The Morgan fingerprint density at radius 2 is 1.89 bits per heavy atom. The fourth-order valence-electron chi connectivity index (χ4n) is 2.60. The number of rotatable bonds is 5. The second-order valence-corrected chi connectivity index (χ2v) is 4.97. The van der Waals surface area contributed by atoms with Gasteiger partial charge in [0, 0.05) is 6.42 Å². The molecule has 1 aliphatic rings. The molecule has 0 aromatic heterocycles. The van der Waals surface area contributed by atoms with Crippen LogP contribution in [0.3, 0.4) is 0 Å². The molecule has 0 amide bonds. The van der Waals surface area contributed by atoms with Crippen LogP contribution in [0.4, 0.5) is 5.69 Å². The normalized spacial score (nSPS) is 12.1. The smallest absolute Gasteiger partial charge is 0.0745 e. The molecule has 19 heavy (non-hydrogen) atoms. The molecule has 2 nitrogen and oxygen atoms in total. The molecule has 2 aromatic rings. The van der Waals surface area contributed by atoms with E-state index in [1.54, 1.807) is 0 Å². The lowest BCUT2D eigenvalue weighted by atomic mass is 10.1. The molecule has 2 heteroatoms. The minimum atomic E-state index is 0.757. The lowest BCUT2D eigenvalue weighted by molar-refractivity contribution is 0.189. The Hall–Kier alpha value is -1.80. The molecule has 0 atom stereocenters. The van der Waals surface area contributed by atoms with Gasteiger partial charge in [-0.1, -0.05) is 49.7 Å². The highest BCUT2D eigenvalue weighted by atomic mass is 16.6. The van der Waals surface area contributed by atoms with Crippen molar-refractivity contribution >= 4 is 5.69 Å². The highest BCUT2D eigenvalue weighted by Gasteiger charge is 2.20. The molecule has 0 bridgehead atoms. The quantitative estimate of drug-likeness (QED) is 0.537. The Morgan fingerprint density at radius 1 is 1.05 bits per heavy atom. The second-order valence-electron chi connectivity index (χ2n) is 4.97. The van der Waals surface area contributed by atoms with Crippen LogP contribution in [0.1, 0.15) is 30.9 Å². The van der Waals surface area contributed by atoms with Gasteiger partial charge in [0.25, 0.3) is 0 Å². The van der Waals surface area contributed by atoms with E-state index >= 15 is 0 Å². The summed E-state index contributed by atoms with van der Waals surface area (Å²) in [6, 6.07) is 15.0. The van der Waals surface area contributed by atoms with Crippen LogP contribution in [-0.2, 0) is 11.3 Å². The predicted octanol–water partition coefficient (Wildman–Crippen LogP) is 4.40. The molecule has 1 aliphatic carbocycles. The molecule has 0 saturated heterocycles. The van der Waals surface area contributed by atoms with Crippen LogP contribution in [0.5, 0.6) is 0 Å². The highest BCUT2D eigenvalue weighted by molar-refractivity contribution is 5.81. The zero-order valence-corrected chi connectivity index (χ0v) is 11.3. The van der Waals surface area contributed by atoms with Crippen LogP contribution in [-0.4, -0.2) is 6.61 Å². The van der Waals surface area contributed by atoms with Gasteiger partial charge in [-0.2, -0.15) is 0 Å². The minimum absolute atomic E-state index is 0.757. The van der Waals surface area contributed by atoms with Crippen LogP contribution in [0, 0.1) is 0 Å². The minimum Gasteiger partial charge on any atom is -0.276 e. The number of unbranched alkanes of at least 4 members (excludes halogenated alkanes) is 1. The summed E-state index contributed by atoms with van der Waals surface area (Å²) in [7, 11) is 0. The number of hydrogen-bond acceptors (Lipinski definition) is 2. The van der Waals surface area contributed by atoms with Crippen molar-refractivity contribution in [3.05, 3.63) is 53.6 Å². The van der Waals surface area contributed by atoms with Crippen molar-refractivity contribution in [2.24, 2.45) is 0 Å². The monoisotopic (exact) mass is 253 g/mol. The maximum atomic E-state index is 5.53. The van der Waals surface area contributed by atoms with Crippen LogP contribution in [0.15, 0.2) is 42.5 Å². The lowest BCUT2D eigenvalue weighted by Gasteiger charge is -2.11. The number of hydrogen-bond donors (Lipinski definition) is 1. The van der Waals surface area contributed by atoms with E-state index in [1.165, 1.54) is 22.3 Å². The zero-order valence-electron chi connectivity index (χ0n) is 11.3. The molecule has 0 radical (unpaired) electrons. The third-order valence-electron chi connectivity index (χ3n) is 3.63. The van der Waals surface area contributed by atoms with Gasteiger partial charge in [0.05, 0.1) is 12.3 Å². The van der Waals surface area contributed by atoms with E-state index in [-0.39, 0.29) is 0 Å². The summed E-state index contributed by atoms with van der Waals surface area (Å²) in [5.41, 5.74) is 9.66. The maximum Gasteiger partial charge on any atom is 0.0745 e. The molecule has 1 N–H and O–H groups in total. The first kappa shape index (κ1) is 12.2. The topological polar surface area (TPSA) is 21.3 Å². The van der Waals surface area contributed by atoms with E-state index in [9.17, 15) is 0 Å². The lowest BCUT2D eigenvalue weighted by Crippen LogP contribution is -2.04. The third kappa shape index (κ3) is 2.36. The standard InChI is InChI=1S/C17H19NO/c1-2-3-11-19-18-17-10-6-9-15-14-8-5-4-7-13(14)12-16(15)17/h4-10,18H,2-3,11-12H2,1H3. The van der Waals surface area contributed by atoms with Crippen molar-refractivity contribution in [3.8, 4) is 11.1 Å². The Balaban J connectivity index is 1.82. The van der Waals surface area contributed by atoms with Gasteiger partial charge in [0.2, 0.25) is 0 Å². The summed E-state index contributed by atoms with van der Waals surface area (Å²) in [6.07, 6.45) is 3.23. The molecule has 0 unspecified atom stereocenters. The first-order chi connectivity index (χ1) is 9.40. The van der Waals surface area contributed by atoms with E-state index in [1.807, 2.05) is 0 Å². The van der Waals surface area contributed by atoms with E-state index in [0.717, 1.165) is 31.6 Å². The second kappa shape index (κ2) is 5.45. The predicted molar refractivity (Wildman–Crippen MR) is 79.2 cm³/mol. The molecule has 2 aromatic carbocycles. The zero-order chi connectivity index (χ0) is 13.1. The summed E-state index contributed by atoms with van der Waals surface area (Å²) >= 11 is 0. The number of nitrogens with one attached hydrogen (secondary N) is 1. The summed E-state index contributed by atoms with van der Waals surface area (Å²) < 4.78 is 0. The molecule has 0 fully saturated rings. The molecule has 3 rings (SSSR count). The Labute approximate surface area is 114 Å². The van der Waals surface area contributed by atoms with E-state index in [0.29, 0.717) is 0 Å². The average molecular weight is 253 g/mol. The Morgan fingerprint density at radius 3 is 2.79 bits per heavy atom. The molecule has 0 saturated carbocycles. The van der Waals surface area contributed by atoms with Crippen molar-refractivity contribution in [1.29, 1.82) is 0 Å². The summed E-state index contributed by atoms with van der Waals surface area (Å²) in [4.78, 5) is 5.53. The molecule has 0 aliphatic heterocycles. The summed E-state index contributed by atoms with van der Waals surface area (Å²) in [5, 5.41) is 0. The number of anilines is 1. The van der Waals surface area contributed by atoms with Gasteiger partial charge in [0.15, 0.2) is 0 Å². The third-order valence-corrected chi connectivity index (χ3v) is 3.63. The Kier molecular flexibility index (Phi) is 3.51. The average Bonchev–Trinajstić information content (AvgIpc) is 2.83. The van der Waals surface area contributed by atoms with Gasteiger partial charge in [-0.05, 0) is 34.7 Å². The maximum absolute atomic E-state index is 5.53. The van der Waals surface area contributed by atoms with E-state index in [4.69, 9.17) is 4.84 Å². The number of benzene rings is 2. The first-order valence-corrected chi connectivity index (χ1v) is 6.98. The van der Waals surface area contributed by atoms with Gasteiger partial charge in [-0.15, -0.1) is 0 Å². The van der Waals surface area contributed by atoms with Crippen LogP contribution in [0.2, 0.25) is 0 Å². The largest absolute Gasteiger partial charge is 0.276 e. The first-order valence-electron chi connectivity index (χ1n) is 6.98.